The van der Waals surface area contributed by atoms with Crippen molar-refractivity contribution in [1.82, 2.24) is 15.0 Å². The zero-order chi connectivity index (χ0) is 23.5. The second-order valence-corrected chi connectivity index (χ2v) is 7.88. The van der Waals surface area contributed by atoms with E-state index in [0.29, 0.717) is 28.9 Å². The highest BCUT2D eigenvalue weighted by Gasteiger charge is 2.21. The molecule has 1 aliphatic rings. The predicted octanol–water partition coefficient (Wildman–Crippen LogP) is 3.74. The summed E-state index contributed by atoms with van der Waals surface area (Å²) >= 11 is 0. The van der Waals surface area contributed by atoms with E-state index in [4.69, 9.17) is 24.9 Å². The molecule has 0 radical (unpaired) electrons. The molecule has 2 aromatic carbocycles. The molecule has 4 aromatic rings. The summed E-state index contributed by atoms with van der Waals surface area (Å²) in [4.78, 5) is 18.1. The number of fused-ring (bicyclic) bond motifs is 1. The molecule has 1 fully saturated rings. The Bertz CT molecular complexity index is 1290. The van der Waals surface area contributed by atoms with E-state index in [0.717, 1.165) is 48.7 Å². The molecule has 1 aliphatic heterocycles. The molecule has 9 heteroatoms. The van der Waals surface area contributed by atoms with Gasteiger partial charge < -0.3 is 29.7 Å². The van der Waals surface area contributed by atoms with Gasteiger partial charge in [0.2, 0.25) is 0 Å². The van der Waals surface area contributed by atoms with Crippen molar-refractivity contribution in [3.8, 4) is 23.3 Å². The number of hydrogen-bond donors (Lipinski definition) is 1. The van der Waals surface area contributed by atoms with Crippen LogP contribution in [0.5, 0.6) is 23.3 Å². The van der Waals surface area contributed by atoms with Crippen LogP contribution in [0.4, 0.5) is 17.3 Å². The molecule has 174 valence electrons. The van der Waals surface area contributed by atoms with Crippen LogP contribution in [-0.2, 0) is 0 Å². The van der Waals surface area contributed by atoms with Gasteiger partial charge in [-0.2, -0.15) is 4.98 Å². The smallest absolute Gasteiger partial charge is 0.323 e. The maximum Gasteiger partial charge on any atom is 0.323 e. The summed E-state index contributed by atoms with van der Waals surface area (Å²) in [5, 5.41) is 0.840. The van der Waals surface area contributed by atoms with Gasteiger partial charge in [-0.25, -0.2) is 9.97 Å². The third kappa shape index (κ3) is 4.32. The lowest BCUT2D eigenvalue weighted by atomic mass is 10.1. The molecule has 2 aromatic heterocycles. The van der Waals surface area contributed by atoms with Crippen LogP contribution < -0.4 is 29.7 Å². The van der Waals surface area contributed by atoms with Crippen LogP contribution in [0.1, 0.15) is 0 Å². The maximum atomic E-state index is 6.37. The standard InChI is InChI=1S/C25H26N6O3/c1-32-21-14-18-19(26)15-24(28-20(18)16-22(21)33-2)31-12-10-30(11-13-31)23-8-9-27-25(29-23)34-17-6-4-3-5-7-17/h3-9,14-16H,10-13H2,1-2H3,(H2,26,28). The molecule has 9 nitrogen and oxygen atoms in total. The molecule has 0 unspecified atom stereocenters. The number of pyridine rings is 1. The van der Waals surface area contributed by atoms with E-state index < -0.39 is 0 Å². The van der Waals surface area contributed by atoms with E-state index >= 15 is 0 Å². The number of aromatic nitrogens is 3. The number of rotatable bonds is 6. The first-order chi connectivity index (χ1) is 16.6. The van der Waals surface area contributed by atoms with Crippen molar-refractivity contribution in [2.24, 2.45) is 0 Å². The summed E-state index contributed by atoms with van der Waals surface area (Å²) in [6.45, 7) is 3.13. The van der Waals surface area contributed by atoms with Gasteiger partial charge in [-0.3, -0.25) is 0 Å². The molecule has 34 heavy (non-hydrogen) atoms. The van der Waals surface area contributed by atoms with Crippen molar-refractivity contribution in [3.05, 3.63) is 60.8 Å². The van der Waals surface area contributed by atoms with Crippen LogP contribution in [0, 0.1) is 0 Å². The van der Waals surface area contributed by atoms with Gasteiger partial charge >= 0.3 is 6.01 Å². The van der Waals surface area contributed by atoms with E-state index in [9.17, 15) is 0 Å². The minimum atomic E-state index is 0.333. The van der Waals surface area contributed by atoms with Crippen LogP contribution >= 0.6 is 0 Å². The van der Waals surface area contributed by atoms with Crippen molar-refractivity contribution in [2.45, 2.75) is 0 Å². The van der Waals surface area contributed by atoms with Gasteiger partial charge in [0.25, 0.3) is 0 Å². The Labute approximate surface area is 197 Å². The zero-order valence-corrected chi connectivity index (χ0v) is 19.1. The molecule has 0 saturated carbocycles. The summed E-state index contributed by atoms with van der Waals surface area (Å²) in [6.07, 6.45) is 1.72. The number of para-hydroxylation sites is 1. The number of methoxy groups -OCH3 is 2. The third-order valence-electron chi connectivity index (χ3n) is 5.83. The number of piperazine rings is 1. The molecule has 0 amide bonds. The molecule has 2 N–H and O–H groups in total. The first-order valence-electron chi connectivity index (χ1n) is 11.0. The summed E-state index contributed by atoms with van der Waals surface area (Å²) < 4.78 is 16.6. The number of nitrogens with zero attached hydrogens (tertiary/aromatic N) is 5. The fourth-order valence-electron chi connectivity index (χ4n) is 4.04. The number of anilines is 3. The average molecular weight is 459 g/mol. The predicted molar refractivity (Wildman–Crippen MR) is 132 cm³/mol. The Morgan fingerprint density at radius 1 is 0.794 bits per heavy atom. The van der Waals surface area contributed by atoms with Crippen LogP contribution in [0.15, 0.2) is 60.8 Å². The third-order valence-corrected chi connectivity index (χ3v) is 5.83. The van der Waals surface area contributed by atoms with Crippen molar-refractivity contribution >= 4 is 28.2 Å². The minimum absolute atomic E-state index is 0.333. The molecular weight excluding hydrogens is 432 g/mol. The topological polar surface area (TPSA) is 98.9 Å². The Morgan fingerprint density at radius 2 is 1.47 bits per heavy atom. The monoisotopic (exact) mass is 458 g/mol. The Hall–Kier alpha value is -4.27. The molecular formula is C25H26N6O3. The first-order valence-corrected chi connectivity index (χ1v) is 11.0. The van der Waals surface area contributed by atoms with Crippen molar-refractivity contribution in [3.63, 3.8) is 0 Å². The molecule has 0 aliphatic carbocycles. The van der Waals surface area contributed by atoms with Crippen molar-refractivity contribution in [2.75, 3.05) is 55.9 Å². The first kappa shape index (κ1) is 21.6. The van der Waals surface area contributed by atoms with Crippen LogP contribution in [0.3, 0.4) is 0 Å². The molecule has 5 rings (SSSR count). The summed E-state index contributed by atoms with van der Waals surface area (Å²) in [7, 11) is 3.22. The Morgan fingerprint density at radius 3 is 2.18 bits per heavy atom. The van der Waals surface area contributed by atoms with Crippen LogP contribution in [0.25, 0.3) is 10.9 Å². The van der Waals surface area contributed by atoms with E-state index in [1.54, 1.807) is 20.4 Å². The SMILES string of the molecule is COc1cc2nc(N3CCN(c4ccnc(Oc5ccccc5)n4)CC3)cc(N)c2cc1OC. The molecule has 0 spiro atoms. The van der Waals surface area contributed by atoms with E-state index in [2.05, 4.69) is 19.8 Å². The molecule has 1 saturated heterocycles. The average Bonchev–Trinajstić information content (AvgIpc) is 2.88. The number of hydrogen-bond acceptors (Lipinski definition) is 9. The highest BCUT2D eigenvalue weighted by Crippen LogP contribution is 2.35. The zero-order valence-electron chi connectivity index (χ0n) is 19.1. The molecule has 0 atom stereocenters. The number of benzene rings is 2. The van der Waals surface area contributed by atoms with Crippen LogP contribution in [0.2, 0.25) is 0 Å². The van der Waals surface area contributed by atoms with Gasteiger partial charge in [0, 0.05) is 55.6 Å². The fraction of sp³-hybridized carbons (Fsp3) is 0.240. The number of nitrogen functional groups attached to an aromatic ring is 1. The molecule has 3 heterocycles. The van der Waals surface area contributed by atoms with E-state index in [-0.39, 0.29) is 0 Å². The van der Waals surface area contributed by atoms with Gasteiger partial charge in [-0.05, 0) is 24.3 Å². The second-order valence-electron chi connectivity index (χ2n) is 7.88. The Balaban J connectivity index is 1.31. The van der Waals surface area contributed by atoms with Gasteiger partial charge in [-0.1, -0.05) is 18.2 Å². The maximum absolute atomic E-state index is 6.37. The van der Waals surface area contributed by atoms with Gasteiger partial charge in [0.15, 0.2) is 11.5 Å². The minimum Gasteiger partial charge on any atom is -0.493 e. The van der Waals surface area contributed by atoms with E-state index in [1.807, 2.05) is 54.6 Å². The van der Waals surface area contributed by atoms with Gasteiger partial charge in [0.1, 0.15) is 17.4 Å². The quantitative estimate of drug-likeness (QED) is 0.463. The fourth-order valence-corrected chi connectivity index (χ4v) is 4.04. The Kier molecular flexibility index (Phi) is 5.90. The lowest BCUT2D eigenvalue weighted by molar-refractivity contribution is 0.356. The van der Waals surface area contributed by atoms with Crippen molar-refractivity contribution < 1.29 is 14.2 Å². The van der Waals surface area contributed by atoms with Gasteiger partial charge in [0.05, 0.1) is 19.7 Å². The highest BCUT2D eigenvalue weighted by molar-refractivity contribution is 5.94. The normalized spacial score (nSPS) is 13.7. The lowest BCUT2D eigenvalue weighted by Crippen LogP contribution is -2.47. The lowest BCUT2D eigenvalue weighted by Gasteiger charge is -2.36. The largest absolute Gasteiger partial charge is 0.493 e. The number of nitrogens with two attached hydrogens (primary N) is 1. The number of ether oxygens (including phenoxy) is 3. The summed E-state index contributed by atoms with van der Waals surface area (Å²) in [5.41, 5.74) is 7.80. The van der Waals surface area contributed by atoms with Crippen LogP contribution in [-0.4, -0.2) is 55.4 Å². The molecule has 0 bridgehead atoms. The van der Waals surface area contributed by atoms with Gasteiger partial charge in [-0.15, -0.1) is 0 Å². The summed E-state index contributed by atoms with van der Waals surface area (Å²) in [6, 6.07) is 17.4. The summed E-state index contributed by atoms with van der Waals surface area (Å²) in [5.74, 6) is 3.64. The second kappa shape index (κ2) is 9.30. The van der Waals surface area contributed by atoms with Crippen molar-refractivity contribution in [1.29, 1.82) is 0 Å². The van der Waals surface area contributed by atoms with E-state index in [1.165, 1.54) is 0 Å². The highest BCUT2D eigenvalue weighted by atomic mass is 16.5.